The second-order valence-corrected chi connectivity index (χ2v) is 4.54. The highest BCUT2D eigenvalue weighted by Gasteiger charge is 2.13. The van der Waals surface area contributed by atoms with Crippen LogP contribution >= 0.6 is 0 Å². The number of ether oxygens (including phenoxy) is 1. The summed E-state index contributed by atoms with van der Waals surface area (Å²) in [7, 11) is 0. The summed E-state index contributed by atoms with van der Waals surface area (Å²) in [5, 5.41) is 3.25. The van der Waals surface area contributed by atoms with Crippen molar-refractivity contribution in [2.24, 2.45) is 5.73 Å². The first-order valence-electron chi connectivity index (χ1n) is 6.21. The summed E-state index contributed by atoms with van der Waals surface area (Å²) in [5.41, 5.74) is 12.5. The molecule has 0 aliphatic carbocycles. The zero-order valence-electron chi connectivity index (χ0n) is 10.3. The molecule has 1 atom stereocenters. The monoisotopic (exact) mass is 249 g/mol. The normalized spacial score (nSPS) is 19.4. The molecule has 1 aromatic rings. The topological polar surface area (TPSA) is 90.4 Å². The minimum absolute atomic E-state index is 0.244. The molecule has 1 aliphatic rings. The lowest BCUT2D eigenvalue weighted by Crippen LogP contribution is -2.27. The number of nitrogens with one attached hydrogen (secondary N) is 1. The molecule has 5 heteroatoms. The highest BCUT2D eigenvalue weighted by Crippen LogP contribution is 2.19. The smallest absolute Gasteiger partial charge is 0.250 e. The van der Waals surface area contributed by atoms with Crippen LogP contribution in [0, 0.1) is 0 Å². The molecule has 1 fully saturated rings. The number of carbonyl (C=O) groups excluding carboxylic acids is 1. The molecule has 1 aliphatic heterocycles. The molecule has 18 heavy (non-hydrogen) atoms. The van der Waals surface area contributed by atoms with Gasteiger partial charge in [0.15, 0.2) is 0 Å². The zero-order valence-corrected chi connectivity index (χ0v) is 10.3. The van der Waals surface area contributed by atoms with Gasteiger partial charge in [0.25, 0.3) is 5.91 Å². The molecule has 98 valence electrons. The zero-order chi connectivity index (χ0) is 13.0. The van der Waals surface area contributed by atoms with Crippen molar-refractivity contribution in [1.29, 1.82) is 0 Å². The number of benzene rings is 1. The number of nitrogens with two attached hydrogens (primary N) is 2. The van der Waals surface area contributed by atoms with Crippen LogP contribution in [-0.2, 0) is 4.74 Å². The summed E-state index contributed by atoms with van der Waals surface area (Å²) in [6.07, 6.45) is 3.67. The van der Waals surface area contributed by atoms with Crippen molar-refractivity contribution < 1.29 is 9.53 Å². The Kier molecular flexibility index (Phi) is 4.04. The average molecular weight is 249 g/mol. The third-order valence-electron chi connectivity index (χ3n) is 3.13. The molecule has 5 nitrogen and oxygen atoms in total. The van der Waals surface area contributed by atoms with Crippen LogP contribution in [0.5, 0.6) is 0 Å². The Morgan fingerprint density at radius 3 is 2.94 bits per heavy atom. The third kappa shape index (κ3) is 3.13. The van der Waals surface area contributed by atoms with Crippen molar-refractivity contribution in [1.82, 2.24) is 0 Å². The van der Waals surface area contributed by atoms with Crippen molar-refractivity contribution in [3.8, 4) is 0 Å². The molecule has 2 rings (SSSR count). The molecule has 1 amide bonds. The van der Waals surface area contributed by atoms with Gasteiger partial charge in [-0.25, -0.2) is 0 Å². The van der Waals surface area contributed by atoms with Crippen LogP contribution in [0.1, 0.15) is 29.6 Å². The van der Waals surface area contributed by atoms with Gasteiger partial charge in [0.2, 0.25) is 0 Å². The van der Waals surface area contributed by atoms with Gasteiger partial charge < -0.3 is 21.5 Å². The van der Waals surface area contributed by atoms with Crippen LogP contribution in [0.15, 0.2) is 18.2 Å². The standard InChI is InChI=1S/C13H19N3O2/c14-12-5-4-9(7-11(12)13(15)17)16-8-10-3-1-2-6-18-10/h4-5,7,10,16H,1-3,6,8,14H2,(H2,15,17). The number of rotatable bonds is 4. The number of hydrogen-bond acceptors (Lipinski definition) is 4. The SMILES string of the molecule is NC(=O)c1cc(NCC2CCCCO2)ccc1N. The molecule has 1 saturated heterocycles. The molecule has 0 saturated carbocycles. The highest BCUT2D eigenvalue weighted by atomic mass is 16.5. The second-order valence-electron chi connectivity index (χ2n) is 4.54. The van der Waals surface area contributed by atoms with E-state index in [9.17, 15) is 4.79 Å². The van der Waals surface area contributed by atoms with Gasteiger partial charge in [0.1, 0.15) is 0 Å². The first-order chi connectivity index (χ1) is 8.66. The van der Waals surface area contributed by atoms with Crippen molar-refractivity contribution in [2.75, 3.05) is 24.2 Å². The van der Waals surface area contributed by atoms with Gasteiger partial charge in [0.05, 0.1) is 11.7 Å². The molecule has 0 aromatic heterocycles. The highest BCUT2D eigenvalue weighted by molar-refractivity contribution is 5.98. The van der Waals surface area contributed by atoms with E-state index in [1.54, 1.807) is 12.1 Å². The molecule has 5 N–H and O–H groups in total. The quantitative estimate of drug-likeness (QED) is 0.702. The van der Waals surface area contributed by atoms with E-state index in [1.807, 2.05) is 6.07 Å². The summed E-state index contributed by atoms with van der Waals surface area (Å²) in [6, 6.07) is 5.20. The lowest BCUT2D eigenvalue weighted by molar-refractivity contribution is 0.0247. The van der Waals surface area contributed by atoms with Crippen molar-refractivity contribution in [3.63, 3.8) is 0 Å². The van der Waals surface area contributed by atoms with Gasteiger partial charge >= 0.3 is 0 Å². The van der Waals surface area contributed by atoms with Crippen LogP contribution in [0.2, 0.25) is 0 Å². The van der Waals surface area contributed by atoms with Gasteiger partial charge in [0, 0.05) is 24.5 Å². The fourth-order valence-electron chi connectivity index (χ4n) is 2.08. The van der Waals surface area contributed by atoms with E-state index in [-0.39, 0.29) is 6.10 Å². The molecule has 1 heterocycles. The van der Waals surface area contributed by atoms with Crippen LogP contribution in [0.4, 0.5) is 11.4 Å². The number of anilines is 2. The van der Waals surface area contributed by atoms with E-state index in [4.69, 9.17) is 16.2 Å². The third-order valence-corrected chi connectivity index (χ3v) is 3.13. The first kappa shape index (κ1) is 12.7. The molecule has 1 aromatic carbocycles. The molecule has 0 radical (unpaired) electrons. The van der Waals surface area contributed by atoms with Crippen LogP contribution in [0.3, 0.4) is 0 Å². The summed E-state index contributed by atoms with van der Waals surface area (Å²) in [5.74, 6) is -0.509. The maximum absolute atomic E-state index is 11.2. The Morgan fingerprint density at radius 1 is 1.44 bits per heavy atom. The van der Waals surface area contributed by atoms with Gasteiger partial charge in [-0.1, -0.05) is 0 Å². The Bertz CT molecular complexity index is 428. The number of nitrogen functional groups attached to an aromatic ring is 1. The van der Waals surface area contributed by atoms with Gasteiger partial charge in [-0.3, -0.25) is 4.79 Å². The Labute approximate surface area is 106 Å². The first-order valence-corrected chi connectivity index (χ1v) is 6.21. The number of primary amides is 1. The number of hydrogen-bond donors (Lipinski definition) is 3. The lowest BCUT2D eigenvalue weighted by atomic mass is 10.1. The molecule has 0 bridgehead atoms. The van der Waals surface area contributed by atoms with Crippen LogP contribution in [-0.4, -0.2) is 25.2 Å². The Balaban J connectivity index is 1.96. The van der Waals surface area contributed by atoms with E-state index >= 15 is 0 Å². The largest absolute Gasteiger partial charge is 0.398 e. The van der Waals surface area contributed by atoms with E-state index < -0.39 is 5.91 Å². The molecule has 0 spiro atoms. The van der Waals surface area contributed by atoms with Crippen molar-refractivity contribution in [3.05, 3.63) is 23.8 Å². The van der Waals surface area contributed by atoms with Crippen molar-refractivity contribution in [2.45, 2.75) is 25.4 Å². The predicted octanol–water partition coefficient (Wildman–Crippen LogP) is 1.35. The molecular weight excluding hydrogens is 230 g/mol. The summed E-state index contributed by atoms with van der Waals surface area (Å²) in [4.78, 5) is 11.2. The summed E-state index contributed by atoms with van der Waals surface area (Å²) < 4.78 is 5.62. The summed E-state index contributed by atoms with van der Waals surface area (Å²) >= 11 is 0. The fourth-order valence-corrected chi connectivity index (χ4v) is 2.08. The fraction of sp³-hybridized carbons (Fsp3) is 0.462. The summed E-state index contributed by atoms with van der Waals surface area (Å²) in [6.45, 7) is 1.57. The molecule has 1 unspecified atom stereocenters. The van der Waals surface area contributed by atoms with E-state index in [2.05, 4.69) is 5.32 Å². The van der Waals surface area contributed by atoms with Crippen LogP contribution < -0.4 is 16.8 Å². The van der Waals surface area contributed by atoms with Crippen molar-refractivity contribution >= 4 is 17.3 Å². The lowest BCUT2D eigenvalue weighted by Gasteiger charge is -2.23. The van der Waals surface area contributed by atoms with Crippen LogP contribution in [0.25, 0.3) is 0 Å². The van der Waals surface area contributed by atoms with E-state index in [0.29, 0.717) is 11.3 Å². The Hall–Kier alpha value is -1.75. The van der Waals surface area contributed by atoms with E-state index in [1.165, 1.54) is 6.42 Å². The van der Waals surface area contributed by atoms with Gasteiger partial charge in [-0.2, -0.15) is 0 Å². The van der Waals surface area contributed by atoms with E-state index in [0.717, 1.165) is 31.7 Å². The maximum Gasteiger partial charge on any atom is 0.250 e. The minimum Gasteiger partial charge on any atom is -0.398 e. The minimum atomic E-state index is -0.509. The van der Waals surface area contributed by atoms with Gasteiger partial charge in [-0.15, -0.1) is 0 Å². The number of carbonyl (C=O) groups is 1. The maximum atomic E-state index is 11.2. The average Bonchev–Trinajstić information content (AvgIpc) is 2.38. The number of amides is 1. The Morgan fingerprint density at radius 2 is 2.28 bits per heavy atom. The predicted molar refractivity (Wildman–Crippen MR) is 71.5 cm³/mol. The molecular formula is C13H19N3O2. The second kappa shape index (κ2) is 5.73. The van der Waals surface area contributed by atoms with Gasteiger partial charge in [-0.05, 0) is 37.5 Å².